The van der Waals surface area contributed by atoms with E-state index >= 15 is 0 Å². The van der Waals surface area contributed by atoms with E-state index in [4.69, 9.17) is 0 Å². The molecule has 2 nitrogen and oxygen atoms in total. The highest BCUT2D eigenvalue weighted by atomic mass is 15.3. The van der Waals surface area contributed by atoms with Gasteiger partial charge in [0, 0.05) is 31.2 Å². The molecule has 1 aliphatic heterocycles. The molecular weight excluding hydrogens is 256 g/mol. The summed E-state index contributed by atoms with van der Waals surface area (Å²) in [5.74, 6) is 2.81. The van der Waals surface area contributed by atoms with Crippen LogP contribution in [0.15, 0.2) is 0 Å². The maximum absolute atomic E-state index is 3.89. The van der Waals surface area contributed by atoms with Crippen molar-refractivity contribution in [2.75, 3.05) is 13.1 Å². The summed E-state index contributed by atoms with van der Waals surface area (Å²) < 4.78 is 0. The van der Waals surface area contributed by atoms with Crippen molar-refractivity contribution in [1.29, 1.82) is 0 Å². The molecule has 3 fully saturated rings. The van der Waals surface area contributed by atoms with Gasteiger partial charge in [0.15, 0.2) is 0 Å². The summed E-state index contributed by atoms with van der Waals surface area (Å²) in [5.41, 5.74) is 0. The van der Waals surface area contributed by atoms with E-state index in [2.05, 4.69) is 31.0 Å². The summed E-state index contributed by atoms with van der Waals surface area (Å²) in [5, 5.41) is 3.89. The van der Waals surface area contributed by atoms with Crippen molar-refractivity contribution in [1.82, 2.24) is 10.2 Å². The van der Waals surface area contributed by atoms with Gasteiger partial charge in [-0.15, -0.1) is 0 Å². The van der Waals surface area contributed by atoms with E-state index in [0.29, 0.717) is 0 Å². The Kier molecular flexibility index (Phi) is 5.27. The molecule has 21 heavy (non-hydrogen) atoms. The Bertz CT molecular complexity index is 324. The number of hydrogen-bond donors (Lipinski definition) is 1. The molecular formula is C19H36N2. The molecule has 2 aliphatic carbocycles. The lowest BCUT2D eigenvalue weighted by molar-refractivity contribution is 0.0310. The highest BCUT2D eigenvalue weighted by Gasteiger charge is 2.36. The second kappa shape index (κ2) is 7.00. The van der Waals surface area contributed by atoms with E-state index in [1.165, 1.54) is 64.5 Å². The average molecular weight is 293 g/mol. The van der Waals surface area contributed by atoms with Gasteiger partial charge in [-0.05, 0) is 56.8 Å². The van der Waals surface area contributed by atoms with Crippen molar-refractivity contribution in [3.05, 3.63) is 0 Å². The third-order valence-electron chi connectivity index (χ3n) is 6.91. The molecule has 0 aromatic rings. The Morgan fingerprint density at radius 2 is 1.62 bits per heavy atom. The highest BCUT2D eigenvalue weighted by Crippen LogP contribution is 2.35. The van der Waals surface area contributed by atoms with E-state index in [9.17, 15) is 0 Å². The molecule has 0 aromatic carbocycles. The molecule has 5 unspecified atom stereocenters. The minimum atomic E-state index is 0.732. The molecule has 3 rings (SSSR count). The number of rotatable bonds is 2. The molecule has 2 heteroatoms. The van der Waals surface area contributed by atoms with Crippen LogP contribution in [-0.4, -0.2) is 36.1 Å². The molecule has 3 aliphatic rings. The zero-order valence-corrected chi connectivity index (χ0v) is 14.5. The quantitative estimate of drug-likeness (QED) is 0.826. The van der Waals surface area contributed by atoms with Crippen LogP contribution in [0.2, 0.25) is 0 Å². The van der Waals surface area contributed by atoms with E-state index < -0.39 is 0 Å². The lowest BCUT2D eigenvalue weighted by Crippen LogP contribution is -2.61. The summed E-state index contributed by atoms with van der Waals surface area (Å²) in [7, 11) is 0. The minimum Gasteiger partial charge on any atom is -0.311 e. The predicted molar refractivity (Wildman–Crippen MR) is 90.5 cm³/mol. The zero-order chi connectivity index (χ0) is 14.8. The maximum Gasteiger partial charge on any atom is 0.0224 e. The normalized spacial score (nSPS) is 43.9. The van der Waals surface area contributed by atoms with Crippen LogP contribution in [0.25, 0.3) is 0 Å². The summed E-state index contributed by atoms with van der Waals surface area (Å²) in [4.78, 5) is 2.89. The first-order valence-corrected chi connectivity index (χ1v) is 9.64. The topological polar surface area (TPSA) is 15.3 Å². The van der Waals surface area contributed by atoms with Crippen LogP contribution in [0.1, 0.15) is 72.1 Å². The summed E-state index contributed by atoms with van der Waals surface area (Å²) in [6.07, 6.45) is 11.7. The lowest BCUT2D eigenvalue weighted by atomic mass is 9.77. The molecule has 0 bridgehead atoms. The van der Waals surface area contributed by atoms with Crippen LogP contribution in [-0.2, 0) is 0 Å². The van der Waals surface area contributed by atoms with Crippen LogP contribution in [0.3, 0.4) is 0 Å². The predicted octanol–water partition coefficient (Wildman–Crippen LogP) is 4.05. The van der Waals surface area contributed by atoms with Crippen molar-refractivity contribution >= 4 is 0 Å². The van der Waals surface area contributed by atoms with Crippen LogP contribution in [0, 0.1) is 17.8 Å². The second-order valence-corrected chi connectivity index (χ2v) is 8.38. The zero-order valence-electron chi connectivity index (χ0n) is 14.5. The Hall–Kier alpha value is -0.0800. The monoisotopic (exact) mass is 292 g/mol. The van der Waals surface area contributed by atoms with E-state index in [1.807, 2.05) is 0 Å². The van der Waals surface area contributed by atoms with Gasteiger partial charge in [0.1, 0.15) is 0 Å². The molecule has 1 saturated heterocycles. The molecule has 2 saturated carbocycles. The van der Waals surface area contributed by atoms with Crippen LogP contribution in [0.4, 0.5) is 0 Å². The lowest BCUT2D eigenvalue weighted by Gasteiger charge is -2.48. The number of nitrogens with zero attached hydrogens (tertiary/aromatic N) is 1. The van der Waals surface area contributed by atoms with E-state index in [-0.39, 0.29) is 0 Å². The third-order valence-corrected chi connectivity index (χ3v) is 6.91. The van der Waals surface area contributed by atoms with Gasteiger partial charge in [-0.2, -0.15) is 0 Å². The maximum atomic E-state index is 3.89. The van der Waals surface area contributed by atoms with Crippen molar-refractivity contribution in [3.63, 3.8) is 0 Å². The van der Waals surface area contributed by atoms with Gasteiger partial charge in [-0.25, -0.2) is 0 Å². The number of hydrogen-bond acceptors (Lipinski definition) is 2. The Labute approximate surface area is 132 Å². The number of piperazine rings is 1. The van der Waals surface area contributed by atoms with Crippen LogP contribution in [0.5, 0.6) is 0 Å². The van der Waals surface area contributed by atoms with Gasteiger partial charge in [-0.3, -0.25) is 4.90 Å². The average Bonchev–Trinajstić information content (AvgIpc) is 2.51. The number of nitrogens with one attached hydrogen (secondary N) is 1. The molecule has 1 N–H and O–H groups in total. The molecule has 0 spiro atoms. The summed E-state index contributed by atoms with van der Waals surface area (Å²) in [6.45, 7) is 9.89. The van der Waals surface area contributed by atoms with E-state index in [1.54, 1.807) is 0 Å². The minimum absolute atomic E-state index is 0.732. The van der Waals surface area contributed by atoms with E-state index in [0.717, 1.165) is 35.9 Å². The fourth-order valence-corrected chi connectivity index (χ4v) is 5.09. The van der Waals surface area contributed by atoms with Gasteiger partial charge in [0.2, 0.25) is 0 Å². The Balaban J connectivity index is 1.60. The molecule has 0 radical (unpaired) electrons. The fourth-order valence-electron chi connectivity index (χ4n) is 5.09. The smallest absolute Gasteiger partial charge is 0.0224 e. The highest BCUT2D eigenvalue weighted by molar-refractivity contribution is 4.93. The van der Waals surface area contributed by atoms with Gasteiger partial charge in [0.25, 0.3) is 0 Å². The first-order valence-electron chi connectivity index (χ1n) is 9.64. The second-order valence-electron chi connectivity index (χ2n) is 8.38. The molecule has 122 valence electrons. The van der Waals surface area contributed by atoms with Crippen molar-refractivity contribution in [2.45, 2.75) is 90.3 Å². The first kappa shape index (κ1) is 15.8. The Morgan fingerprint density at radius 1 is 0.857 bits per heavy atom. The van der Waals surface area contributed by atoms with Crippen molar-refractivity contribution < 1.29 is 0 Å². The van der Waals surface area contributed by atoms with Gasteiger partial charge in [0.05, 0.1) is 0 Å². The van der Waals surface area contributed by atoms with Crippen LogP contribution < -0.4 is 5.32 Å². The Morgan fingerprint density at radius 3 is 2.33 bits per heavy atom. The SMILES string of the molecule is CC1CCC(N2CC(C3CCCCC3)NCC2C)CC1C. The molecule has 0 amide bonds. The van der Waals surface area contributed by atoms with Gasteiger partial charge >= 0.3 is 0 Å². The summed E-state index contributed by atoms with van der Waals surface area (Å²) >= 11 is 0. The largest absolute Gasteiger partial charge is 0.311 e. The molecule has 5 atom stereocenters. The fraction of sp³-hybridized carbons (Fsp3) is 1.00. The summed E-state index contributed by atoms with van der Waals surface area (Å²) in [6, 6.07) is 2.37. The molecule has 1 heterocycles. The third kappa shape index (κ3) is 3.64. The van der Waals surface area contributed by atoms with Gasteiger partial charge in [-0.1, -0.05) is 33.1 Å². The first-order chi connectivity index (χ1) is 10.1. The standard InChI is InChI=1S/C19H36N2/c1-14-9-10-18(11-15(14)2)21-13-19(20-12-16(21)3)17-7-5-4-6-8-17/h14-20H,4-13H2,1-3H3. The van der Waals surface area contributed by atoms with Crippen molar-refractivity contribution in [3.8, 4) is 0 Å². The van der Waals surface area contributed by atoms with Crippen LogP contribution >= 0.6 is 0 Å². The molecule has 0 aromatic heterocycles. The van der Waals surface area contributed by atoms with Gasteiger partial charge < -0.3 is 5.32 Å². The van der Waals surface area contributed by atoms with Crippen molar-refractivity contribution in [2.24, 2.45) is 17.8 Å².